The van der Waals surface area contributed by atoms with Crippen molar-refractivity contribution in [1.29, 1.82) is 0 Å². The average Bonchev–Trinajstić information content (AvgIpc) is 3.58. The quantitative estimate of drug-likeness (QED) is 0.147. The number of rotatable bonds is 4. The molecule has 0 bridgehead atoms. The van der Waals surface area contributed by atoms with E-state index in [0.29, 0.717) is 11.5 Å². The summed E-state index contributed by atoms with van der Waals surface area (Å²) in [7, 11) is -3.34. The summed E-state index contributed by atoms with van der Waals surface area (Å²) in [4.78, 5) is 19.9. The number of pyridine rings is 4. The number of aromatic nitrogens is 6. The molecule has 2 aromatic carbocycles. The highest BCUT2D eigenvalue weighted by atomic mass is 28.3. The molecule has 0 unspecified atom stereocenters. The molecule has 6 heterocycles. The Hall–Kier alpha value is -4.61. The van der Waals surface area contributed by atoms with Crippen molar-refractivity contribution in [1.82, 2.24) is 28.7 Å². The minimum atomic E-state index is -1.67. The third-order valence-corrected chi connectivity index (χ3v) is 12.9. The van der Waals surface area contributed by atoms with E-state index in [-0.39, 0.29) is 0 Å². The molecule has 8 aromatic rings. The number of benzene rings is 2. The van der Waals surface area contributed by atoms with E-state index in [1.165, 1.54) is 21.1 Å². The van der Waals surface area contributed by atoms with E-state index in [0.717, 1.165) is 55.5 Å². The molecule has 0 atom stereocenters. The van der Waals surface area contributed by atoms with Gasteiger partial charge in [0.25, 0.3) is 0 Å². The van der Waals surface area contributed by atoms with Crippen LogP contribution in [0.4, 0.5) is 0 Å². The predicted octanol–water partition coefficient (Wildman–Crippen LogP) is 7.88. The molecule has 7 nitrogen and oxygen atoms in total. The molecule has 0 aliphatic rings. The van der Waals surface area contributed by atoms with Gasteiger partial charge in [-0.05, 0) is 48.5 Å². The van der Waals surface area contributed by atoms with Crippen LogP contribution in [0.5, 0.6) is 11.5 Å². The fourth-order valence-corrected chi connectivity index (χ4v) is 10.0. The van der Waals surface area contributed by atoms with Gasteiger partial charge in [-0.25, -0.2) is 9.97 Å². The number of hydrogen-bond donors (Lipinski definition) is 0. The van der Waals surface area contributed by atoms with E-state index >= 15 is 0 Å². The topological polar surface area (TPSA) is 69.6 Å². The molecule has 9 heteroatoms. The third-order valence-electron chi connectivity index (χ3n) is 8.79. The summed E-state index contributed by atoms with van der Waals surface area (Å²) in [5.74, 6) is 1.30. The lowest BCUT2D eigenvalue weighted by atomic mass is 10.1. The second kappa shape index (κ2) is 9.45. The maximum Gasteiger partial charge on any atom is 0.147 e. The Kier molecular flexibility index (Phi) is 5.86. The normalized spacial score (nSPS) is 12.9. The van der Waals surface area contributed by atoms with Gasteiger partial charge in [0.05, 0.1) is 62.0 Å². The summed E-state index contributed by atoms with van der Waals surface area (Å²) >= 11 is 0. The largest absolute Gasteiger partial charge is 0.454 e. The van der Waals surface area contributed by atoms with Crippen molar-refractivity contribution in [2.75, 3.05) is 0 Å². The summed E-state index contributed by atoms with van der Waals surface area (Å²) in [5, 5.41) is 7.15. The Morgan fingerprint density at radius 2 is 1.02 bits per heavy atom. The van der Waals surface area contributed by atoms with E-state index in [4.69, 9.17) is 24.7 Å². The van der Waals surface area contributed by atoms with Crippen LogP contribution in [-0.4, -0.2) is 44.9 Å². The highest BCUT2D eigenvalue weighted by Crippen LogP contribution is 2.35. The number of nitrogens with zero attached hydrogens (tertiary/aromatic N) is 6. The SMILES string of the molecule is Cc1cn2c3cccc([Si](C)(C)C)c3c3ncc(Oc4cnc5c(c4)c4nc(C)cn4c4cccc([Si](C)(C)C)c54)cc3c2n1. The average molecular weight is 625 g/mol. The maximum atomic E-state index is 6.54. The fraction of sp³-hybridized carbons (Fsp3) is 0.222. The van der Waals surface area contributed by atoms with Gasteiger partial charge in [-0.3, -0.25) is 18.8 Å². The van der Waals surface area contributed by atoms with Gasteiger partial charge in [0.2, 0.25) is 0 Å². The summed E-state index contributed by atoms with van der Waals surface area (Å²) in [6.45, 7) is 18.4. The Labute approximate surface area is 263 Å². The molecule has 45 heavy (non-hydrogen) atoms. The van der Waals surface area contributed by atoms with E-state index in [1.54, 1.807) is 0 Å². The van der Waals surface area contributed by atoms with E-state index in [9.17, 15) is 0 Å². The first-order valence-electron chi connectivity index (χ1n) is 15.5. The summed E-state index contributed by atoms with van der Waals surface area (Å²) < 4.78 is 11.0. The van der Waals surface area contributed by atoms with Gasteiger partial charge in [-0.15, -0.1) is 0 Å². The van der Waals surface area contributed by atoms with Crippen molar-refractivity contribution in [3.05, 3.63) is 84.7 Å². The second-order valence-electron chi connectivity index (χ2n) is 14.3. The van der Waals surface area contributed by atoms with Crippen LogP contribution in [0.25, 0.3) is 54.9 Å². The van der Waals surface area contributed by atoms with Crippen LogP contribution in [0.2, 0.25) is 39.3 Å². The minimum Gasteiger partial charge on any atom is -0.454 e. The number of aryl methyl sites for hydroxylation is 2. The van der Waals surface area contributed by atoms with E-state index in [1.807, 2.05) is 26.2 Å². The first kappa shape index (κ1) is 27.9. The van der Waals surface area contributed by atoms with E-state index < -0.39 is 16.1 Å². The standard InChI is InChI=1S/C36H36N6OSi2/c1-21-19-41-27-11-9-13-29(44(3,4)5)31(27)33-25(35(41)39-21)15-23(17-37-33)43-24-16-26-34(38-18-24)32-28(42-20-22(2)40-36(26)42)12-10-14-30(32)45(6,7)8/h9-20H,1-8H3. The lowest BCUT2D eigenvalue weighted by Gasteiger charge is -2.21. The molecule has 0 radical (unpaired) electrons. The Balaban J connectivity index is 1.34. The minimum absolute atomic E-state index is 0.648. The molecular formula is C36H36N6OSi2. The van der Waals surface area contributed by atoms with E-state index in [2.05, 4.69) is 109 Å². The first-order chi connectivity index (χ1) is 21.4. The van der Waals surface area contributed by atoms with Gasteiger partial charge >= 0.3 is 0 Å². The molecule has 8 rings (SSSR count). The van der Waals surface area contributed by atoms with Crippen LogP contribution in [0.15, 0.2) is 73.3 Å². The number of imidazole rings is 2. The molecule has 0 aliphatic carbocycles. The molecule has 0 amide bonds. The zero-order valence-corrected chi connectivity index (χ0v) is 29.0. The van der Waals surface area contributed by atoms with Crippen LogP contribution in [0.3, 0.4) is 0 Å². The molecule has 224 valence electrons. The monoisotopic (exact) mass is 624 g/mol. The molecular weight excluding hydrogens is 589 g/mol. The van der Waals surface area contributed by atoms with Crippen molar-refractivity contribution in [2.24, 2.45) is 0 Å². The maximum absolute atomic E-state index is 6.54. The molecule has 0 aliphatic heterocycles. The molecule has 0 saturated carbocycles. The highest BCUT2D eigenvalue weighted by molar-refractivity contribution is 6.91. The number of hydrogen-bond acceptors (Lipinski definition) is 5. The van der Waals surface area contributed by atoms with Gasteiger partial charge < -0.3 is 4.74 Å². The van der Waals surface area contributed by atoms with Gasteiger partial charge in [0.1, 0.15) is 22.8 Å². The molecule has 6 aromatic heterocycles. The lowest BCUT2D eigenvalue weighted by molar-refractivity contribution is 0.480. The summed E-state index contributed by atoms with van der Waals surface area (Å²) in [6, 6.07) is 17.4. The van der Waals surface area contributed by atoms with Crippen LogP contribution in [0.1, 0.15) is 11.4 Å². The Morgan fingerprint density at radius 1 is 0.600 bits per heavy atom. The van der Waals surface area contributed by atoms with Gasteiger partial charge in [-0.1, -0.05) is 63.5 Å². The van der Waals surface area contributed by atoms with Gasteiger partial charge in [0, 0.05) is 33.9 Å². The lowest BCUT2D eigenvalue weighted by Crippen LogP contribution is -2.38. The number of ether oxygens (including phenoxy) is 1. The van der Waals surface area contributed by atoms with Crippen molar-refractivity contribution in [3.8, 4) is 11.5 Å². The first-order valence-corrected chi connectivity index (χ1v) is 22.5. The Bertz CT molecular complexity index is 2340. The Morgan fingerprint density at radius 3 is 1.42 bits per heavy atom. The summed E-state index contributed by atoms with van der Waals surface area (Å²) in [6.07, 6.45) is 7.89. The van der Waals surface area contributed by atoms with Crippen LogP contribution < -0.4 is 15.1 Å². The number of fused-ring (bicyclic) bond motifs is 12. The zero-order chi connectivity index (χ0) is 31.4. The van der Waals surface area contributed by atoms with Crippen LogP contribution >= 0.6 is 0 Å². The van der Waals surface area contributed by atoms with Gasteiger partial charge in [0.15, 0.2) is 0 Å². The van der Waals surface area contributed by atoms with Crippen molar-refractivity contribution in [3.63, 3.8) is 0 Å². The molecule has 0 N–H and O–H groups in total. The van der Waals surface area contributed by atoms with Crippen LogP contribution in [-0.2, 0) is 0 Å². The third kappa shape index (κ3) is 4.28. The summed E-state index contributed by atoms with van der Waals surface area (Å²) in [5.41, 5.74) is 7.92. The van der Waals surface area contributed by atoms with Crippen molar-refractivity contribution >= 4 is 81.4 Å². The smallest absolute Gasteiger partial charge is 0.147 e. The van der Waals surface area contributed by atoms with Crippen molar-refractivity contribution in [2.45, 2.75) is 53.1 Å². The molecule has 0 spiro atoms. The molecule has 0 saturated heterocycles. The molecule has 0 fully saturated rings. The van der Waals surface area contributed by atoms with Crippen LogP contribution in [0, 0.1) is 13.8 Å². The second-order valence-corrected chi connectivity index (χ2v) is 24.4. The van der Waals surface area contributed by atoms with Crippen molar-refractivity contribution < 1.29 is 4.74 Å². The predicted molar refractivity (Wildman–Crippen MR) is 192 cm³/mol. The zero-order valence-electron chi connectivity index (χ0n) is 27.0. The fourth-order valence-electron chi connectivity index (χ4n) is 6.85. The highest BCUT2D eigenvalue weighted by Gasteiger charge is 2.25. The van der Waals surface area contributed by atoms with Gasteiger partial charge in [-0.2, -0.15) is 0 Å².